The zero-order valence-electron chi connectivity index (χ0n) is 25.4. The van der Waals surface area contributed by atoms with Gasteiger partial charge in [0.2, 0.25) is 0 Å². The summed E-state index contributed by atoms with van der Waals surface area (Å²) in [6.45, 7) is 3.68. The lowest BCUT2D eigenvalue weighted by Crippen LogP contribution is -2.01. The molecule has 6 rings (SSSR count). The highest BCUT2D eigenvalue weighted by molar-refractivity contribution is 7.86. The SMILES string of the molecule is Cc1cc(-c2ccc(N=Nc3cc(S(=O)(=O)[O-])c4ccccc4c3N)c(C)c2)ccc1N=Nc1cc(S(=O)(=O)[O-])c2ccccc2c1N. The molecule has 0 bridgehead atoms. The lowest BCUT2D eigenvalue weighted by atomic mass is 10.0. The summed E-state index contributed by atoms with van der Waals surface area (Å²) in [4.78, 5) is -0.847. The number of azo groups is 2. The second kappa shape index (κ2) is 12.2. The fourth-order valence-corrected chi connectivity index (χ4v) is 6.80. The highest BCUT2D eigenvalue weighted by atomic mass is 32.2. The Balaban J connectivity index is 1.28. The van der Waals surface area contributed by atoms with E-state index in [4.69, 9.17) is 11.5 Å². The van der Waals surface area contributed by atoms with Crippen molar-refractivity contribution in [2.45, 2.75) is 23.6 Å². The van der Waals surface area contributed by atoms with Gasteiger partial charge in [-0.3, -0.25) is 0 Å². The molecule has 6 aromatic carbocycles. The molecule has 12 nitrogen and oxygen atoms in total. The summed E-state index contributed by atoms with van der Waals surface area (Å²) < 4.78 is 71.7. The highest BCUT2D eigenvalue weighted by Gasteiger charge is 2.16. The summed E-state index contributed by atoms with van der Waals surface area (Å²) in [5.74, 6) is 0. The average Bonchev–Trinajstić information content (AvgIpc) is 3.04. The van der Waals surface area contributed by atoms with Crippen LogP contribution in [0, 0.1) is 13.8 Å². The Morgan fingerprint density at radius 1 is 0.479 bits per heavy atom. The Morgan fingerprint density at radius 2 is 0.812 bits per heavy atom. The maximum absolute atomic E-state index is 11.9. The molecule has 4 N–H and O–H groups in total. The van der Waals surface area contributed by atoms with Crippen LogP contribution in [0.5, 0.6) is 0 Å². The van der Waals surface area contributed by atoms with E-state index in [1.54, 1.807) is 48.5 Å². The van der Waals surface area contributed by atoms with E-state index >= 15 is 0 Å². The van der Waals surface area contributed by atoms with Gasteiger partial charge in [0.15, 0.2) is 0 Å². The van der Waals surface area contributed by atoms with Crippen molar-refractivity contribution in [3.8, 4) is 11.1 Å². The van der Waals surface area contributed by atoms with E-state index in [0.29, 0.717) is 22.1 Å². The topological polar surface area (TPSA) is 216 Å². The van der Waals surface area contributed by atoms with Crippen LogP contribution in [0.25, 0.3) is 32.7 Å². The van der Waals surface area contributed by atoms with Gasteiger partial charge in [0.1, 0.15) is 31.6 Å². The Bertz CT molecular complexity index is 2390. The molecule has 242 valence electrons. The fourth-order valence-electron chi connectivity index (χ4n) is 5.39. The van der Waals surface area contributed by atoms with Gasteiger partial charge >= 0.3 is 0 Å². The van der Waals surface area contributed by atoms with Crippen molar-refractivity contribution in [1.29, 1.82) is 0 Å². The molecule has 0 spiro atoms. The number of rotatable bonds is 7. The zero-order chi connectivity index (χ0) is 34.4. The van der Waals surface area contributed by atoms with Crippen LogP contribution in [0.3, 0.4) is 0 Å². The zero-order valence-corrected chi connectivity index (χ0v) is 27.1. The monoisotopic (exact) mass is 678 g/mol. The largest absolute Gasteiger partial charge is 0.744 e. The van der Waals surface area contributed by atoms with Crippen molar-refractivity contribution in [2.75, 3.05) is 11.5 Å². The van der Waals surface area contributed by atoms with Crippen molar-refractivity contribution in [1.82, 2.24) is 0 Å². The molecule has 6 aromatic rings. The molecule has 0 unspecified atom stereocenters. The van der Waals surface area contributed by atoms with E-state index in [2.05, 4.69) is 20.5 Å². The van der Waals surface area contributed by atoms with Crippen LogP contribution in [0.2, 0.25) is 0 Å². The third-order valence-corrected chi connectivity index (χ3v) is 9.60. The third-order valence-electron chi connectivity index (χ3n) is 7.85. The molecule has 0 aliphatic heterocycles. The van der Waals surface area contributed by atoms with Crippen molar-refractivity contribution >= 4 is 75.9 Å². The summed E-state index contributed by atoms with van der Waals surface area (Å²) in [5.41, 5.74) is 17.3. The first-order valence-electron chi connectivity index (χ1n) is 14.3. The van der Waals surface area contributed by atoms with Gasteiger partial charge in [0, 0.05) is 21.5 Å². The van der Waals surface area contributed by atoms with E-state index in [9.17, 15) is 25.9 Å². The Morgan fingerprint density at radius 3 is 1.15 bits per heavy atom. The average molecular weight is 679 g/mol. The van der Waals surface area contributed by atoms with Crippen LogP contribution in [-0.2, 0) is 20.2 Å². The van der Waals surface area contributed by atoms with Gasteiger partial charge in [0.05, 0.1) is 32.5 Å². The smallest absolute Gasteiger partial charge is 0.125 e. The first-order chi connectivity index (χ1) is 22.7. The lowest BCUT2D eigenvalue weighted by Gasteiger charge is -2.14. The molecule has 0 saturated heterocycles. The number of anilines is 2. The first kappa shape index (κ1) is 32.4. The number of fused-ring (bicyclic) bond motifs is 2. The molecule has 48 heavy (non-hydrogen) atoms. The van der Waals surface area contributed by atoms with Crippen LogP contribution >= 0.6 is 0 Å². The van der Waals surface area contributed by atoms with Crippen molar-refractivity contribution < 1.29 is 25.9 Å². The minimum Gasteiger partial charge on any atom is -0.744 e. The summed E-state index contributed by atoms with van der Waals surface area (Å²) in [5, 5.41) is 18.2. The quantitative estimate of drug-likeness (QED) is 0.0953. The van der Waals surface area contributed by atoms with Crippen LogP contribution in [-0.4, -0.2) is 25.9 Å². The maximum Gasteiger partial charge on any atom is 0.125 e. The van der Waals surface area contributed by atoms with Gasteiger partial charge in [-0.05, 0) is 72.5 Å². The molecule has 0 saturated carbocycles. The van der Waals surface area contributed by atoms with Crippen molar-refractivity contribution in [2.24, 2.45) is 20.5 Å². The van der Waals surface area contributed by atoms with Crippen LogP contribution < -0.4 is 11.5 Å². The second-order valence-electron chi connectivity index (χ2n) is 11.0. The standard InChI is InChI=1S/C34H28N6O6S2/c1-19-15-21(11-13-27(19)37-39-29-17-31(47(41,42)43)23-7-3-5-9-25(23)33(29)35)22-12-14-28(20(2)16-22)38-40-30-18-32(48(44,45)46)24-8-4-6-10-26(24)34(30)36/h3-18H,35-36H2,1-2H3,(H,41,42,43)(H,44,45,46)/p-2. The molecular weight excluding hydrogens is 653 g/mol. The molecule has 0 aliphatic rings. The third kappa shape index (κ3) is 6.24. The summed E-state index contributed by atoms with van der Waals surface area (Å²) in [6.07, 6.45) is 0. The number of benzene rings is 6. The Hall–Kier alpha value is -5.54. The minimum absolute atomic E-state index is 0.0586. The van der Waals surface area contributed by atoms with Crippen molar-refractivity contribution in [3.05, 3.63) is 108 Å². The van der Waals surface area contributed by atoms with E-state index < -0.39 is 30.0 Å². The van der Waals surface area contributed by atoms with Crippen LogP contribution in [0.1, 0.15) is 11.1 Å². The molecule has 14 heteroatoms. The number of nitrogens with zero attached hydrogens (tertiary/aromatic N) is 4. The molecule has 0 aliphatic carbocycles. The van der Waals surface area contributed by atoms with Gasteiger partial charge in [-0.2, -0.15) is 10.2 Å². The van der Waals surface area contributed by atoms with Crippen LogP contribution in [0.4, 0.5) is 34.1 Å². The van der Waals surface area contributed by atoms with Crippen molar-refractivity contribution in [3.63, 3.8) is 0 Å². The Kier molecular flexibility index (Phi) is 8.26. The molecule has 0 fully saturated rings. The highest BCUT2D eigenvalue weighted by Crippen LogP contribution is 2.39. The maximum atomic E-state index is 11.9. The summed E-state index contributed by atoms with van der Waals surface area (Å²) in [7, 11) is -9.59. The normalized spacial score (nSPS) is 12.5. The molecule has 0 atom stereocenters. The molecule has 0 heterocycles. The predicted molar refractivity (Wildman–Crippen MR) is 182 cm³/mol. The van der Waals surface area contributed by atoms with Gasteiger partial charge in [0.25, 0.3) is 0 Å². The van der Waals surface area contributed by atoms with Gasteiger partial charge in [-0.1, -0.05) is 60.7 Å². The molecule has 0 amide bonds. The van der Waals surface area contributed by atoms with E-state index in [1.807, 2.05) is 38.1 Å². The van der Waals surface area contributed by atoms with E-state index in [-0.39, 0.29) is 33.5 Å². The van der Waals surface area contributed by atoms with Crippen LogP contribution in [0.15, 0.2) is 127 Å². The van der Waals surface area contributed by atoms with E-state index in [0.717, 1.165) is 34.4 Å². The number of nitrogens with two attached hydrogens (primary N) is 2. The van der Waals surface area contributed by atoms with Gasteiger partial charge in [-0.25, -0.2) is 16.8 Å². The fraction of sp³-hybridized carbons (Fsp3) is 0.0588. The van der Waals surface area contributed by atoms with Gasteiger partial charge in [-0.15, -0.1) is 10.2 Å². The minimum atomic E-state index is -4.80. The molecular formula is C34H26N6O6S2-2. The molecule has 0 aromatic heterocycles. The second-order valence-corrected chi connectivity index (χ2v) is 13.7. The predicted octanol–water partition coefficient (Wildman–Crippen LogP) is 8.08. The Labute approximate surface area is 276 Å². The molecule has 0 radical (unpaired) electrons. The summed E-state index contributed by atoms with van der Waals surface area (Å²) in [6, 6.07) is 26.1. The summed E-state index contributed by atoms with van der Waals surface area (Å²) >= 11 is 0. The van der Waals surface area contributed by atoms with Gasteiger partial charge < -0.3 is 20.6 Å². The number of nitrogen functional groups attached to an aromatic ring is 2. The number of aryl methyl sites for hydroxylation is 2. The lowest BCUT2D eigenvalue weighted by molar-refractivity contribution is 0.462. The number of hydrogen-bond donors (Lipinski definition) is 2. The first-order valence-corrected chi connectivity index (χ1v) is 17.1. The van der Waals surface area contributed by atoms with E-state index in [1.165, 1.54) is 12.1 Å². The number of hydrogen-bond acceptors (Lipinski definition) is 12.